The first-order chi connectivity index (χ1) is 24.0. The zero-order valence-electron chi connectivity index (χ0n) is 26.0. The topological polar surface area (TPSA) is 58.2 Å². The van der Waals surface area contributed by atoms with Gasteiger partial charge in [0.05, 0.1) is 21.2 Å². The molecule has 2 amide bonds. The molecule has 0 unspecified atom stereocenters. The fraction of sp³-hybridized carbons (Fsp3) is 0. The fourth-order valence-electron chi connectivity index (χ4n) is 5.70. The molecule has 0 bridgehead atoms. The van der Waals surface area contributed by atoms with E-state index in [0.29, 0.717) is 32.5 Å². The van der Waals surface area contributed by atoms with Crippen LogP contribution in [0.5, 0.6) is 0 Å². The molecule has 0 radical (unpaired) electrons. The molecule has 49 heavy (non-hydrogen) atoms. The maximum absolute atomic E-state index is 12.9. The lowest BCUT2D eigenvalue weighted by atomic mass is 9.91. The number of carbonyl (C=O) groups is 2. The summed E-state index contributed by atoms with van der Waals surface area (Å²) in [6, 6.07) is 50.5. The molecule has 7 aromatic rings. The Morgan fingerprint density at radius 3 is 1.12 bits per heavy atom. The van der Waals surface area contributed by atoms with Crippen LogP contribution in [-0.4, -0.2) is 11.8 Å². The Kier molecular flexibility index (Phi) is 9.40. The third-order valence-electron chi connectivity index (χ3n) is 8.08. The minimum atomic E-state index is -0.264. The maximum Gasteiger partial charge on any atom is 0.257 e. The van der Waals surface area contributed by atoms with Crippen molar-refractivity contribution in [1.29, 1.82) is 0 Å². The lowest BCUT2D eigenvalue weighted by molar-refractivity contribution is 0.101. The molecule has 7 heteroatoms. The van der Waals surface area contributed by atoms with Crippen molar-refractivity contribution in [2.24, 2.45) is 0 Å². The van der Waals surface area contributed by atoms with Gasteiger partial charge in [0.25, 0.3) is 11.8 Å². The number of hydrogen-bond donors (Lipinski definition) is 2. The van der Waals surface area contributed by atoms with E-state index in [1.165, 1.54) is 0 Å². The summed E-state index contributed by atoms with van der Waals surface area (Å²) in [5.74, 6) is -0.529. The Bertz CT molecular complexity index is 2110. The summed E-state index contributed by atoms with van der Waals surface area (Å²) in [7, 11) is 0. The number of hydrogen-bond acceptors (Lipinski definition) is 3. The predicted molar refractivity (Wildman–Crippen MR) is 205 cm³/mol. The van der Waals surface area contributed by atoms with E-state index in [2.05, 4.69) is 59.2 Å². The normalized spacial score (nSPS) is 10.8. The van der Waals surface area contributed by atoms with Crippen LogP contribution in [0.25, 0.3) is 43.1 Å². The number of halogens is 2. The van der Waals surface area contributed by atoms with Gasteiger partial charge in [0.1, 0.15) is 0 Å². The summed E-state index contributed by atoms with van der Waals surface area (Å²) in [5.41, 5.74) is 8.66. The van der Waals surface area contributed by atoms with E-state index < -0.39 is 0 Å². The second-order valence-electron chi connectivity index (χ2n) is 11.3. The molecule has 0 atom stereocenters. The minimum absolute atomic E-state index is 0.264. The van der Waals surface area contributed by atoms with Crippen LogP contribution in [-0.2, 0) is 0 Å². The van der Waals surface area contributed by atoms with Crippen LogP contribution < -0.4 is 10.6 Å². The molecule has 0 spiro atoms. The van der Waals surface area contributed by atoms with Crippen LogP contribution in [0.1, 0.15) is 20.7 Å². The summed E-state index contributed by atoms with van der Waals surface area (Å²) in [6.07, 6.45) is 0. The molecule has 238 valence electrons. The highest BCUT2D eigenvalue weighted by Gasteiger charge is 2.23. The molecule has 0 saturated carbocycles. The standard InChI is InChI=1S/C42H28Cl2N2O2S/c43-35-17-9-7-15-33(35)41(47)45-31-23-19-29(20-24-31)39-37(27-11-3-1-4-12-27)38(28-13-5-2-6-14-28)40(49-39)30-21-25-32(26-22-30)46-42(48)34-16-8-10-18-36(34)44/h1-26H,(H,45,47)(H,46,48). The highest BCUT2D eigenvalue weighted by molar-refractivity contribution is 7.20. The molecule has 2 N–H and O–H groups in total. The van der Waals surface area contributed by atoms with Gasteiger partial charge < -0.3 is 10.6 Å². The van der Waals surface area contributed by atoms with E-state index in [9.17, 15) is 9.59 Å². The molecule has 0 aliphatic heterocycles. The predicted octanol–water partition coefficient (Wildman–Crippen LogP) is 12.2. The molecule has 0 aliphatic rings. The van der Waals surface area contributed by atoms with E-state index in [0.717, 1.165) is 43.1 Å². The SMILES string of the molecule is O=C(Nc1ccc(-c2sc(-c3ccc(NC(=O)c4ccccc4Cl)cc3)c(-c3ccccc3)c2-c2ccccc2)cc1)c1ccccc1Cl. The van der Waals surface area contributed by atoms with Gasteiger partial charge in [0.15, 0.2) is 0 Å². The van der Waals surface area contributed by atoms with Gasteiger partial charge in [0, 0.05) is 32.3 Å². The number of nitrogens with one attached hydrogen (secondary N) is 2. The summed E-state index contributed by atoms with van der Waals surface area (Å²) in [6.45, 7) is 0. The van der Waals surface area contributed by atoms with Crippen LogP contribution in [0, 0.1) is 0 Å². The van der Waals surface area contributed by atoms with Gasteiger partial charge in [-0.3, -0.25) is 9.59 Å². The average Bonchev–Trinajstić information content (AvgIpc) is 3.54. The largest absolute Gasteiger partial charge is 0.322 e. The monoisotopic (exact) mass is 694 g/mol. The smallest absolute Gasteiger partial charge is 0.257 e. The second-order valence-corrected chi connectivity index (χ2v) is 13.1. The van der Waals surface area contributed by atoms with Crippen molar-refractivity contribution in [3.63, 3.8) is 0 Å². The van der Waals surface area contributed by atoms with Crippen LogP contribution in [0.4, 0.5) is 11.4 Å². The van der Waals surface area contributed by atoms with E-state index in [4.69, 9.17) is 23.2 Å². The first kappa shape index (κ1) is 32.1. The van der Waals surface area contributed by atoms with Crippen molar-refractivity contribution in [1.82, 2.24) is 0 Å². The minimum Gasteiger partial charge on any atom is -0.322 e. The zero-order chi connectivity index (χ0) is 33.7. The van der Waals surface area contributed by atoms with E-state index in [1.807, 2.05) is 60.7 Å². The number of thiophene rings is 1. The van der Waals surface area contributed by atoms with Crippen molar-refractivity contribution in [3.05, 3.63) is 179 Å². The van der Waals surface area contributed by atoms with Crippen LogP contribution in [0.3, 0.4) is 0 Å². The number of amides is 2. The third kappa shape index (κ3) is 6.92. The van der Waals surface area contributed by atoms with Crippen LogP contribution in [0.2, 0.25) is 10.0 Å². The Labute approximate surface area is 298 Å². The van der Waals surface area contributed by atoms with Gasteiger partial charge in [0.2, 0.25) is 0 Å². The molecular formula is C42H28Cl2N2O2S. The lowest BCUT2D eigenvalue weighted by Crippen LogP contribution is -2.12. The number of anilines is 2. The molecule has 0 aliphatic carbocycles. The number of carbonyl (C=O) groups excluding carboxylic acids is 2. The molecule has 4 nitrogen and oxygen atoms in total. The van der Waals surface area contributed by atoms with Crippen LogP contribution >= 0.6 is 34.5 Å². The average molecular weight is 696 g/mol. The summed E-state index contributed by atoms with van der Waals surface area (Å²) in [5, 5.41) is 6.74. The van der Waals surface area contributed by atoms with Gasteiger partial charge in [-0.1, -0.05) is 132 Å². The Morgan fingerprint density at radius 2 is 0.755 bits per heavy atom. The summed E-state index contributed by atoms with van der Waals surface area (Å²) in [4.78, 5) is 28.1. The lowest BCUT2D eigenvalue weighted by Gasteiger charge is -2.12. The quantitative estimate of drug-likeness (QED) is 0.166. The Balaban J connectivity index is 1.29. The molecule has 1 aromatic heterocycles. The maximum atomic E-state index is 12.9. The van der Waals surface area contributed by atoms with Gasteiger partial charge >= 0.3 is 0 Å². The first-order valence-corrected chi connectivity index (χ1v) is 17.1. The van der Waals surface area contributed by atoms with Gasteiger partial charge in [-0.25, -0.2) is 0 Å². The molecule has 7 rings (SSSR count). The van der Waals surface area contributed by atoms with Crippen molar-refractivity contribution in [2.75, 3.05) is 10.6 Å². The Hall–Kier alpha value is -5.46. The van der Waals surface area contributed by atoms with Crippen molar-refractivity contribution in [3.8, 4) is 43.1 Å². The van der Waals surface area contributed by atoms with Crippen LogP contribution in [0.15, 0.2) is 158 Å². The van der Waals surface area contributed by atoms with E-state index in [1.54, 1.807) is 59.9 Å². The van der Waals surface area contributed by atoms with Gasteiger partial charge in [-0.2, -0.15) is 0 Å². The molecule has 0 saturated heterocycles. The number of rotatable bonds is 8. The van der Waals surface area contributed by atoms with E-state index >= 15 is 0 Å². The number of benzene rings is 6. The highest BCUT2D eigenvalue weighted by Crippen LogP contribution is 2.52. The summed E-state index contributed by atoms with van der Waals surface area (Å²) < 4.78 is 0. The van der Waals surface area contributed by atoms with E-state index in [-0.39, 0.29) is 11.8 Å². The van der Waals surface area contributed by atoms with Crippen molar-refractivity contribution < 1.29 is 9.59 Å². The summed E-state index contributed by atoms with van der Waals surface area (Å²) >= 11 is 14.2. The zero-order valence-corrected chi connectivity index (χ0v) is 28.3. The van der Waals surface area contributed by atoms with Gasteiger partial charge in [-0.05, 0) is 70.8 Å². The van der Waals surface area contributed by atoms with Crippen molar-refractivity contribution in [2.45, 2.75) is 0 Å². The van der Waals surface area contributed by atoms with Gasteiger partial charge in [-0.15, -0.1) is 11.3 Å². The molecule has 1 heterocycles. The molecule has 0 fully saturated rings. The Morgan fingerprint density at radius 1 is 0.408 bits per heavy atom. The molecule has 6 aromatic carbocycles. The fourth-order valence-corrected chi connectivity index (χ4v) is 7.49. The molecular weight excluding hydrogens is 667 g/mol. The second kappa shape index (κ2) is 14.3. The first-order valence-electron chi connectivity index (χ1n) is 15.6. The highest BCUT2D eigenvalue weighted by atomic mass is 35.5. The van der Waals surface area contributed by atoms with Crippen molar-refractivity contribution >= 4 is 57.7 Å². The third-order valence-corrected chi connectivity index (χ3v) is 10.0.